The van der Waals surface area contributed by atoms with Gasteiger partial charge in [-0.25, -0.2) is 4.39 Å². The van der Waals surface area contributed by atoms with Crippen molar-refractivity contribution in [3.8, 4) is 0 Å². The van der Waals surface area contributed by atoms with Crippen LogP contribution >= 0.6 is 39.9 Å². The summed E-state index contributed by atoms with van der Waals surface area (Å²) in [7, 11) is 0. The Morgan fingerprint density at radius 3 is 2.40 bits per heavy atom. The number of hydrogen-bond donors (Lipinski definition) is 3. The number of hydrogen-bond acceptors (Lipinski definition) is 3. The van der Waals surface area contributed by atoms with Crippen molar-refractivity contribution in [1.29, 1.82) is 0 Å². The van der Waals surface area contributed by atoms with Crippen molar-refractivity contribution in [2.75, 3.05) is 16.0 Å². The zero-order chi connectivity index (χ0) is 21.5. The molecule has 0 aliphatic carbocycles. The van der Waals surface area contributed by atoms with Gasteiger partial charge in [0.1, 0.15) is 5.82 Å². The Kier molecular flexibility index (Phi) is 7.84. The average Bonchev–Trinajstić information content (AvgIpc) is 2.71. The van der Waals surface area contributed by atoms with Gasteiger partial charge in [0.05, 0.1) is 10.9 Å². The minimum absolute atomic E-state index is 0.156. The van der Waals surface area contributed by atoms with E-state index < -0.39 is 11.1 Å². The summed E-state index contributed by atoms with van der Waals surface area (Å²) in [5.74, 6) is -0.763. The summed E-state index contributed by atoms with van der Waals surface area (Å²) in [6, 6.07) is 21.8. The minimum Gasteiger partial charge on any atom is -0.332 e. The second-order valence-electron chi connectivity index (χ2n) is 6.35. The van der Waals surface area contributed by atoms with E-state index in [0.717, 1.165) is 16.3 Å². The zero-order valence-corrected chi connectivity index (χ0v) is 19.2. The smallest absolute Gasteiger partial charge is 0.237 e. The fourth-order valence-electron chi connectivity index (χ4n) is 2.54. The van der Waals surface area contributed by atoms with Gasteiger partial charge in [-0.05, 0) is 67.7 Å². The van der Waals surface area contributed by atoms with Gasteiger partial charge >= 0.3 is 0 Å². The largest absolute Gasteiger partial charge is 0.332 e. The molecule has 30 heavy (non-hydrogen) atoms. The van der Waals surface area contributed by atoms with Crippen LogP contribution < -0.4 is 16.0 Å². The van der Waals surface area contributed by atoms with Gasteiger partial charge in [-0.1, -0.05) is 40.2 Å². The van der Waals surface area contributed by atoms with E-state index in [1.165, 1.54) is 23.9 Å². The molecule has 154 valence electrons. The first kappa shape index (κ1) is 22.3. The van der Waals surface area contributed by atoms with Crippen LogP contribution in [0.15, 0.2) is 82.2 Å². The van der Waals surface area contributed by atoms with E-state index in [0.29, 0.717) is 9.59 Å². The molecule has 0 bridgehead atoms. The summed E-state index contributed by atoms with van der Waals surface area (Å²) in [6.07, 6.45) is 0. The van der Waals surface area contributed by atoms with E-state index >= 15 is 0 Å². The number of thioether (sulfide) groups is 1. The molecule has 8 heteroatoms. The van der Waals surface area contributed by atoms with Crippen molar-refractivity contribution in [2.45, 2.75) is 17.1 Å². The highest BCUT2D eigenvalue weighted by atomic mass is 79.9. The van der Waals surface area contributed by atoms with E-state index in [9.17, 15) is 9.18 Å². The number of benzene rings is 3. The van der Waals surface area contributed by atoms with Crippen molar-refractivity contribution >= 4 is 68.0 Å². The SMILES string of the molecule is CC(Sc1cccc(NC(=S)Nc2ccccc2)c1)C(=O)Nc1ccc(Br)cc1F. The topological polar surface area (TPSA) is 53.2 Å². The van der Waals surface area contributed by atoms with Crippen LogP contribution in [-0.4, -0.2) is 16.3 Å². The predicted octanol–water partition coefficient (Wildman–Crippen LogP) is 6.52. The molecule has 0 aliphatic rings. The van der Waals surface area contributed by atoms with Gasteiger partial charge in [0.2, 0.25) is 5.91 Å². The summed E-state index contributed by atoms with van der Waals surface area (Å²) in [4.78, 5) is 13.4. The lowest BCUT2D eigenvalue weighted by atomic mass is 10.3. The van der Waals surface area contributed by atoms with Crippen LogP contribution in [0.1, 0.15) is 6.92 Å². The van der Waals surface area contributed by atoms with Crippen molar-refractivity contribution in [1.82, 2.24) is 0 Å². The van der Waals surface area contributed by atoms with Crippen LogP contribution in [0.4, 0.5) is 21.5 Å². The molecule has 3 rings (SSSR count). The predicted molar refractivity (Wildman–Crippen MR) is 131 cm³/mol. The molecule has 0 radical (unpaired) electrons. The Bertz CT molecular complexity index is 1050. The third-order valence-corrected chi connectivity index (χ3v) is 5.79. The van der Waals surface area contributed by atoms with Gasteiger partial charge in [0.25, 0.3) is 0 Å². The van der Waals surface area contributed by atoms with Crippen molar-refractivity contribution in [3.63, 3.8) is 0 Å². The molecule has 0 saturated carbocycles. The molecule has 3 N–H and O–H groups in total. The van der Waals surface area contributed by atoms with Gasteiger partial charge in [0.15, 0.2) is 5.11 Å². The van der Waals surface area contributed by atoms with Crippen molar-refractivity contribution in [3.05, 3.63) is 83.1 Å². The summed E-state index contributed by atoms with van der Waals surface area (Å²) in [6.45, 7) is 1.78. The minimum atomic E-state index is -0.486. The lowest BCUT2D eigenvalue weighted by molar-refractivity contribution is -0.115. The second-order valence-corrected chi connectivity index (χ2v) is 9.08. The van der Waals surface area contributed by atoms with E-state index in [1.807, 2.05) is 54.6 Å². The van der Waals surface area contributed by atoms with E-state index in [-0.39, 0.29) is 11.6 Å². The molecular formula is C22H19BrFN3OS2. The third-order valence-electron chi connectivity index (χ3n) is 3.99. The van der Waals surface area contributed by atoms with Crippen LogP contribution in [0.2, 0.25) is 0 Å². The van der Waals surface area contributed by atoms with Gasteiger partial charge in [-0.2, -0.15) is 0 Å². The number of amides is 1. The molecular weight excluding hydrogens is 485 g/mol. The molecule has 0 aliphatic heterocycles. The summed E-state index contributed by atoms with van der Waals surface area (Å²) >= 11 is 9.93. The van der Waals surface area contributed by atoms with Gasteiger partial charge in [-0.3, -0.25) is 4.79 Å². The highest BCUT2D eigenvalue weighted by molar-refractivity contribution is 9.10. The number of carbonyl (C=O) groups excluding carboxylic acids is 1. The monoisotopic (exact) mass is 503 g/mol. The number of carbonyl (C=O) groups is 1. The fourth-order valence-corrected chi connectivity index (χ4v) is 4.04. The van der Waals surface area contributed by atoms with Crippen molar-refractivity contribution < 1.29 is 9.18 Å². The van der Waals surface area contributed by atoms with Gasteiger partial charge in [0, 0.05) is 20.7 Å². The molecule has 3 aromatic carbocycles. The maximum atomic E-state index is 14.0. The Morgan fingerprint density at radius 1 is 0.967 bits per heavy atom. The van der Waals surface area contributed by atoms with Crippen LogP contribution in [0.25, 0.3) is 0 Å². The summed E-state index contributed by atoms with van der Waals surface area (Å²) in [5, 5.41) is 8.94. The Balaban J connectivity index is 1.58. The molecule has 4 nitrogen and oxygen atoms in total. The maximum Gasteiger partial charge on any atom is 0.237 e. The molecule has 1 atom stereocenters. The average molecular weight is 504 g/mol. The van der Waals surface area contributed by atoms with Crippen LogP contribution in [-0.2, 0) is 4.79 Å². The highest BCUT2D eigenvalue weighted by Crippen LogP contribution is 2.27. The molecule has 0 fully saturated rings. The number of anilines is 3. The molecule has 0 saturated heterocycles. The second kappa shape index (κ2) is 10.6. The van der Waals surface area contributed by atoms with E-state index in [4.69, 9.17) is 12.2 Å². The van der Waals surface area contributed by atoms with Crippen LogP contribution in [0, 0.1) is 5.82 Å². The highest BCUT2D eigenvalue weighted by Gasteiger charge is 2.16. The molecule has 3 aromatic rings. The first-order valence-electron chi connectivity index (χ1n) is 9.06. The molecule has 0 aromatic heterocycles. The Labute approximate surface area is 192 Å². The zero-order valence-electron chi connectivity index (χ0n) is 16.0. The van der Waals surface area contributed by atoms with Crippen LogP contribution in [0.5, 0.6) is 0 Å². The molecule has 1 amide bonds. The lowest BCUT2D eigenvalue weighted by Crippen LogP contribution is -2.23. The Morgan fingerprint density at radius 2 is 1.67 bits per heavy atom. The summed E-state index contributed by atoms with van der Waals surface area (Å²) < 4.78 is 14.6. The Hall–Kier alpha value is -2.42. The molecule has 1 unspecified atom stereocenters. The lowest BCUT2D eigenvalue weighted by Gasteiger charge is -2.14. The molecule has 0 spiro atoms. The van der Waals surface area contributed by atoms with Crippen molar-refractivity contribution in [2.24, 2.45) is 0 Å². The number of thiocarbonyl (C=S) groups is 1. The normalized spacial score (nSPS) is 11.4. The number of rotatable bonds is 6. The first-order valence-corrected chi connectivity index (χ1v) is 11.1. The maximum absolute atomic E-state index is 14.0. The summed E-state index contributed by atoms with van der Waals surface area (Å²) in [5.41, 5.74) is 1.86. The molecule has 0 heterocycles. The van der Waals surface area contributed by atoms with Gasteiger partial charge in [-0.15, -0.1) is 11.8 Å². The van der Waals surface area contributed by atoms with E-state index in [1.54, 1.807) is 13.0 Å². The quantitative estimate of drug-likeness (QED) is 0.264. The fraction of sp³-hybridized carbons (Fsp3) is 0.0909. The van der Waals surface area contributed by atoms with Gasteiger partial charge < -0.3 is 16.0 Å². The number of halogens is 2. The third kappa shape index (κ3) is 6.55. The van der Waals surface area contributed by atoms with Crippen LogP contribution in [0.3, 0.4) is 0 Å². The number of nitrogens with one attached hydrogen (secondary N) is 3. The first-order chi connectivity index (χ1) is 14.4. The standard InChI is InChI=1S/C22H19BrFN3OS2/c1-14(21(28)27-20-11-10-15(23)12-19(20)24)30-18-9-5-8-17(13-18)26-22(29)25-16-6-3-2-4-7-16/h2-14H,1H3,(H,27,28)(H2,25,26,29). The van der Waals surface area contributed by atoms with E-state index in [2.05, 4.69) is 31.9 Å². The number of para-hydroxylation sites is 1.